The highest BCUT2D eigenvalue weighted by molar-refractivity contribution is 5.95. The molecule has 0 aliphatic carbocycles. The fourth-order valence-corrected chi connectivity index (χ4v) is 4.84. The van der Waals surface area contributed by atoms with Gasteiger partial charge in [-0.3, -0.25) is 9.59 Å². The van der Waals surface area contributed by atoms with E-state index in [1.54, 1.807) is 0 Å². The van der Waals surface area contributed by atoms with Crippen LogP contribution in [0.25, 0.3) is 0 Å². The van der Waals surface area contributed by atoms with Crippen molar-refractivity contribution in [1.82, 2.24) is 10.2 Å². The number of hydrogen-bond acceptors (Lipinski definition) is 3. The van der Waals surface area contributed by atoms with Gasteiger partial charge in [0, 0.05) is 18.7 Å². The number of rotatable bonds is 7. The van der Waals surface area contributed by atoms with Crippen molar-refractivity contribution >= 4 is 11.8 Å². The second kappa shape index (κ2) is 11.1. The third-order valence-corrected chi connectivity index (χ3v) is 6.69. The average Bonchev–Trinajstić information content (AvgIpc) is 2.95. The van der Waals surface area contributed by atoms with Crippen LogP contribution in [0.2, 0.25) is 0 Å². The Balaban J connectivity index is 1.38. The molecule has 4 aromatic rings. The molecule has 0 fully saturated rings. The molecule has 0 unspecified atom stereocenters. The predicted octanol–water partition coefficient (Wildman–Crippen LogP) is 5.48. The van der Waals surface area contributed by atoms with Crippen molar-refractivity contribution in [1.29, 1.82) is 0 Å². The van der Waals surface area contributed by atoms with Gasteiger partial charge in [-0.1, -0.05) is 84.4 Å². The molecule has 1 aliphatic rings. The summed E-state index contributed by atoms with van der Waals surface area (Å²) < 4.78 is 5.90. The molecule has 0 aromatic heterocycles. The van der Waals surface area contributed by atoms with Crippen LogP contribution < -0.4 is 10.1 Å². The van der Waals surface area contributed by atoms with Crippen LogP contribution in [0.4, 0.5) is 0 Å². The summed E-state index contributed by atoms with van der Waals surface area (Å²) in [5.41, 5.74) is 6.12. The Hall–Kier alpha value is -4.38. The van der Waals surface area contributed by atoms with E-state index >= 15 is 0 Å². The lowest BCUT2D eigenvalue weighted by molar-refractivity contribution is -0.123. The Bertz CT molecular complexity index is 1390. The van der Waals surface area contributed by atoms with Crippen LogP contribution >= 0.6 is 0 Å². The summed E-state index contributed by atoms with van der Waals surface area (Å²) in [4.78, 5) is 28.0. The van der Waals surface area contributed by atoms with Crippen molar-refractivity contribution in [2.24, 2.45) is 0 Å². The van der Waals surface area contributed by atoms with Gasteiger partial charge in [0.05, 0.1) is 6.04 Å². The van der Waals surface area contributed by atoms with Crippen LogP contribution in [0, 0.1) is 6.92 Å². The number of hydrogen-bond donors (Lipinski definition) is 1. The average molecular weight is 491 g/mol. The number of aryl methyl sites for hydroxylation is 1. The number of carbonyl (C=O) groups is 2. The van der Waals surface area contributed by atoms with Gasteiger partial charge < -0.3 is 15.0 Å². The topological polar surface area (TPSA) is 58.6 Å². The lowest BCUT2D eigenvalue weighted by atomic mass is 9.87. The van der Waals surface area contributed by atoms with E-state index in [4.69, 9.17) is 4.74 Å². The maximum absolute atomic E-state index is 13.6. The third kappa shape index (κ3) is 5.72. The van der Waals surface area contributed by atoms with Gasteiger partial charge >= 0.3 is 0 Å². The fraction of sp³-hybridized carbons (Fsp3) is 0.188. The van der Waals surface area contributed by atoms with Crippen molar-refractivity contribution in [3.05, 3.63) is 137 Å². The molecule has 0 saturated heterocycles. The van der Waals surface area contributed by atoms with E-state index < -0.39 is 0 Å². The van der Waals surface area contributed by atoms with E-state index in [0.29, 0.717) is 24.4 Å². The minimum atomic E-state index is -0.244. The number of benzene rings is 4. The number of fused-ring (bicyclic) bond motifs is 1. The van der Waals surface area contributed by atoms with Gasteiger partial charge in [0.2, 0.25) is 0 Å². The Kier molecular flexibility index (Phi) is 7.31. The van der Waals surface area contributed by atoms with Crippen LogP contribution in [0.3, 0.4) is 0 Å². The van der Waals surface area contributed by atoms with E-state index in [9.17, 15) is 9.59 Å². The number of ether oxygens (including phenoxy) is 1. The number of carbonyl (C=O) groups excluding carboxylic acids is 2. The first-order valence-corrected chi connectivity index (χ1v) is 12.6. The Morgan fingerprint density at radius 2 is 1.65 bits per heavy atom. The minimum Gasteiger partial charge on any atom is -0.484 e. The Morgan fingerprint density at radius 3 is 2.41 bits per heavy atom. The highest BCUT2D eigenvalue weighted by atomic mass is 16.5. The van der Waals surface area contributed by atoms with Gasteiger partial charge in [-0.15, -0.1) is 0 Å². The molecule has 2 amide bonds. The molecular formula is C32H30N2O3. The summed E-state index contributed by atoms with van der Waals surface area (Å²) >= 11 is 0. The first kappa shape index (κ1) is 24.3. The molecule has 1 N–H and O–H groups in total. The smallest absolute Gasteiger partial charge is 0.258 e. The minimum absolute atomic E-state index is 0.00404. The monoisotopic (exact) mass is 490 g/mol. The largest absolute Gasteiger partial charge is 0.484 e. The maximum atomic E-state index is 13.6. The van der Waals surface area contributed by atoms with Gasteiger partial charge in [-0.2, -0.15) is 0 Å². The SMILES string of the molecule is Cc1cccc([C@H]2c3cc(OCC(=O)NCc4ccccc4)ccc3CCN2C(=O)c2ccccc2)c1. The fourth-order valence-electron chi connectivity index (χ4n) is 4.84. The lowest BCUT2D eigenvalue weighted by Crippen LogP contribution is -2.40. The lowest BCUT2D eigenvalue weighted by Gasteiger charge is -2.38. The van der Waals surface area contributed by atoms with Crippen molar-refractivity contribution in [2.45, 2.75) is 25.9 Å². The van der Waals surface area contributed by atoms with Crippen LogP contribution in [0.5, 0.6) is 5.75 Å². The molecular weight excluding hydrogens is 460 g/mol. The van der Waals surface area contributed by atoms with E-state index in [0.717, 1.165) is 28.7 Å². The summed E-state index contributed by atoms with van der Waals surface area (Å²) in [5.74, 6) is 0.433. The number of amides is 2. The zero-order chi connectivity index (χ0) is 25.6. The number of nitrogens with one attached hydrogen (secondary N) is 1. The van der Waals surface area contributed by atoms with Crippen molar-refractivity contribution in [3.8, 4) is 5.75 Å². The quantitative estimate of drug-likeness (QED) is 0.373. The normalized spacial score (nSPS) is 14.5. The van der Waals surface area contributed by atoms with Gasteiger partial charge in [0.25, 0.3) is 11.8 Å². The summed E-state index contributed by atoms with van der Waals surface area (Å²) in [7, 11) is 0. The molecule has 0 radical (unpaired) electrons. The maximum Gasteiger partial charge on any atom is 0.258 e. The zero-order valence-corrected chi connectivity index (χ0v) is 20.9. The van der Waals surface area contributed by atoms with Crippen LogP contribution in [-0.2, 0) is 17.8 Å². The van der Waals surface area contributed by atoms with Gasteiger partial charge in [-0.25, -0.2) is 0 Å². The molecule has 1 atom stereocenters. The highest BCUT2D eigenvalue weighted by Gasteiger charge is 2.33. The molecule has 37 heavy (non-hydrogen) atoms. The Morgan fingerprint density at radius 1 is 0.892 bits per heavy atom. The van der Waals surface area contributed by atoms with Crippen molar-refractivity contribution in [2.75, 3.05) is 13.2 Å². The van der Waals surface area contributed by atoms with Crippen LogP contribution in [0.15, 0.2) is 103 Å². The first-order chi connectivity index (χ1) is 18.1. The summed E-state index contributed by atoms with van der Waals surface area (Å²) in [6.07, 6.45) is 0.758. The van der Waals surface area contributed by atoms with Crippen LogP contribution in [0.1, 0.15) is 44.2 Å². The van der Waals surface area contributed by atoms with E-state index in [1.165, 1.54) is 5.56 Å². The van der Waals surface area contributed by atoms with Gasteiger partial charge in [0.1, 0.15) is 5.75 Å². The van der Waals surface area contributed by atoms with E-state index in [2.05, 4.69) is 36.5 Å². The predicted molar refractivity (Wildman–Crippen MR) is 144 cm³/mol. The molecule has 186 valence electrons. The summed E-state index contributed by atoms with van der Waals surface area (Å²) in [6.45, 7) is 3.07. The molecule has 5 nitrogen and oxygen atoms in total. The van der Waals surface area contributed by atoms with Gasteiger partial charge in [-0.05, 0) is 59.9 Å². The molecule has 1 heterocycles. The molecule has 0 saturated carbocycles. The molecule has 0 spiro atoms. The van der Waals surface area contributed by atoms with Crippen molar-refractivity contribution in [3.63, 3.8) is 0 Å². The molecule has 5 rings (SSSR count). The second-order valence-corrected chi connectivity index (χ2v) is 9.34. The standard InChI is InChI=1S/C32H30N2O3/c1-23-9-8-14-27(19-23)31-29-20-28(37-22-30(35)33-21-24-10-4-2-5-11-24)16-15-25(29)17-18-34(31)32(36)26-12-6-3-7-13-26/h2-16,19-20,31H,17-18,21-22H2,1H3,(H,33,35)/t31-/m0/s1. The molecule has 5 heteroatoms. The second-order valence-electron chi connectivity index (χ2n) is 9.34. The van der Waals surface area contributed by atoms with Gasteiger partial charge in [0.15, 0.2) is 6.61 Å². The summed E-state index contributed by atoms with van der Waals surface area (Å²) in [5, 5.41) is 2.90. The molecule has 0 bridgehead atoms. The van der Waals surface area contributed by atoms with E-state index in [1.807, 2.05) is 83.8 Å². The zero-order valence-electron chi connectivity index (χ0n) is 20.9. The third-order valence-electron chi connectivity index (χ3n) is 6.69. The molecule has 1 aliphatic heterocycles. The number of nitrogens with zero attached hydrogens (tertiary/aromatic N) is 1. The molecule has 4 aromatic carbocycles. The van der Waals surface area contributed by atoms with Crippen LogP contribution in [-0.4, -0.2) is 29.9 Å². The first-order valence-electron chi connectivity index (χ1n) is 12.6. The van der Waals surface area contributed by atoms with E-state index in [-0.39, 0.29) is 24.5 Å². The Labute approximate surface area is 217 Å². The highest BCUT2D eigenvalue weighted by Crippen LogP contribution is 2.38. The summed E-state index contributed by atoms with van der Waals surface area (Å²) in [6, 6.07) is 33.2. The van der Waals surface area contributed by atoms with Crippen molar-refractivity contribution < 1.29 is 14.3 Å².